The molecule has 0 unspecified atom stereocenters. The van der Waals surface area contributed by atoms with Crippen molar-refractivity contribution in [3.63, 3.8) is 0 Å². The molecule has 0 atom stereocenters. The van der Waals surface area contributed by atoms with Gasteiger partial charge in [-0.3, -0.25) is 4.99 Å². The highest BCUT2D eigenvalue weighted by molar-refractivity contribution is 5.87. The Hall–Kier alpha value is -2.35. The summed E-state index contributed by atoms with van der Waals surface area (Å²) in [6.07, 6.45) is 4.80. The second-order valence-corrected chi connectivity index (χ2v) is 7.56. The molecule has 0 aliphatic rings. The lowest BCUT2D eigenvalue weighted by molar-refractivity contribution is 0.500. The van der Waals surface area contributed by atoms with Crippen LogP contribution in [0.2, 0.25) is 0 Å². The molecule has 0 saturated heterocycles. The molecule has 1 aromatic carbocycles. The molecule has 26 heavy (non-hydrogen) atoms. The first-order chi connectivity index (χ1) is 12.1. The highest BCUT2D eigenvalue weighted by Crippen LogP contribution is 2.22. The summed E-state index contributed by atoms with van der Waals surface area (Å²) < 4.78 is 0. The van der Waals surface area contributed by atoms with Crippen LogP contribution in [0.25, 0.3) is 11.3 Å². The number of aliphatic imine (C=N–C) groups is 1. The number of hydrogen-bond donors (Lipinski definition) is 1. The van der Waals surface area contributed by atoms with E-state index in [9.17, 15) is 0 Å². The Kier molecular flexibility index (Phi) is 7.82. The molecule has 0 fully saturated rings. The fraction of sp³-hybridized carbons (Fsp3) is 0.375. The molecule has 0 aromatic heterocycles. The van der Waals surface area contributed by atoms with Crippen LogP contribution in [-0.4, -0.2) is 12.3 Å². The summed E-state index contributed by atoms with van der Waals surface area (Å²) in [5.41, 5.74) is 7.64. The Labute approximate surface area is 160 Å². The van der Waals surface area contributed by atoms with Crippen molar-refractivity contribution in [1.29, 1.82) is 0 Å². The van der Waals surface area contributed by atoms with E-state index in [1.54, 1.807) is 0 Å². The minimum Gasteiger partial charge on any atom is -0.381 e. The normalized spacial score (nSPS) is 12.7. The van der Waals surface area contributed by atoms with Gasteiger partial charge in [0.2, 0.25) is 0 Å². The van der Waals surface area contributed by atoms with Crippen molar-refractivity contribution in [1.82, 2.24) is 5.32 Å². The molecule has 0 spiro atoms. The SMILES string of the molecule is C=C/C(=C\N=C(C)C(C)(C)CC)CNC(=C)c1cc(C)cc(C(=C)C)c1. The molecule has 0 heterocycles. The number of allylic oxidation sites excluding steroid dienone is 1. The van der Waals surface area contributed by atoms with Gasteiger partial charge < -0.3 is 5.32 Å². The molecule has 0 bridgehead atoms. The van der Waals surface area contributed by atoms with E-state index in [0.29, 0.717) is 6.54 Å². The van der Waals surface area contributed by atoms with Gasteiger partial charge in [0, 0.05) is 29.6 Å². The first-order valence-electron chi connectivity index (χ1n) is 9.17. The van der Waals surface area contributed by atoms with E-state index in [-0.39, 0.29) is 5.41 Å². The molecule has 2 nitrogen and oxygen atoms in total. The van der Waals surface area contributed by atoms with Crippen molar-refractivity contribution >= 4 is 17.0 Å². The van der Waals surface area contributed by atoms with Crippen LogP contribution in [0.4, 0.5) is 0 Å². The molecule has 1 rings (SSSR count). The summed E-state index contributed by atoms with van der Waals surface area (Å²) in [5, 5.41) is 3.39. The lowest BCUT2D eigenvalue weighted by Crippen LogP contribution is -2.20. The van der Waals surface area contributed by atoms with Gasteiger partial charge in [-0.2, -0.15) is 0 Å². The second kappa shape index (κ2) is 9.38. The summed E-state index contributed by atoms with van der Waals surface area (Å²) in [4.78, 5) is 4.64. The fourth-order valence-electron chi connectivity index (χ4n) is 2.30. The number of aryl methyl sites for hydroxylation is 1. The van der Waals surface area contributed by atoms with E-state index < -0.39 is 0 Å². The van der Waals surface area contributed by atoms with Crippen LogP contribution in [0.3, 0.4) is 0 Å². The number of hydrogen-bond acceptors (Lipinski definition) is 2. The predicted molar refractivity (Wildman–Crippen MR) is 118 cm³/mol. The zero-order chi connectivity index (χ0) is 19.9. The van der Waals surface area contributed by atoms with Gasteiger partial charge in [0.1, 0.15) is 0 Å². The van der Waals surface area contributed by atoms with E-state index in [1.165, 1.54) is 5.56 Å². The smallest absolute Gasteiger partial charge is 0.0415 e. The maximum absolute atomic E-state index is 4.64. The number of nitrogens with one attached hydrogen (secondary N) is 1. The highest BCUT2D eigenvalue weighted by Gasteiger charge is 2.18. The summed E-state index contributed by atoms with van der Waals surface area (Å²) in [7, 11) is 0. The molecule has 0 aliphatic carbocycles. The molecular formula is C24H34N2. The Balaban J connectivity index is 2.88. The van der Waals surface area contributed by atoms with Crippen LogP contribution in [0.1, 0.15) is 57.7 Å². The summed E-state index contributed by atoms with van der Waals surface area (Å²) in [5.74, 6) is 0. The largest absolute Gasteiger partial charge is 0.381 e. The van der Waals surface area contributed by atoms with E-state index >= 15 is 0 Å². The standard InChI is InChI=1S/C24H34N2/c1-10-21(16-26-20(7)24(8,9)11-2)15-25-19(6)23-13-18(5)12-22(14-23)17(3)4/h10,12-14,16,25H,1,3,6,11,15H2,2,4-5,7-9H3/b21-16+,26-20?. The van der Waals surface area contributed by atoms with Crippen molar-refractivity contribution < 1.29 is 0 Å². The van der Waals surface area contributed by atoms with Crippen LogP contribution in [0.5, 0.6) is 0 Å². The molecule has 0 aliphatic heterocycles. The molecule has 2 heteroatoms. The van der Waals surface area contributed by atoms with Gasteiger partial charge in [-0.05, 0) is 61.6 Å². The molecule has 0 radical (unpaired) electrons. The lowest BCUT2D eigenvalue weighted by atomic mass is 9.85. The molecule has 1 N–H and O–H groups in total. The van der Waals surface area contributed by atoms with Crippen LogP contribution >= 0.6 is 0 Å². The first kappa shape index (κ1) is 21.7. The zero-order valence-electron chi connectivity index (χ0n) is 17.4. The number of rotatable bonds is 9. The van der Waals surface area contributed by atoms with Crippen LogP contribution in [0.15, 0.2) is 60.8 Å². The minimum atomic E-state index is 0.111. The maximum atomic E-state index is 4.64. The van der Waals surface area contributed by atoms with Crippen molar-refractivity contribution in [3.05, 3.63) is 72.5 Å². The van der Waals surface area contributed by atoms with Gasteiger partial charge in [-0.15, -0.1) is 0 Å². The molecule has 140 valence electrons. The monoisotopic (exact) mass is 350 g/mol. The second-order valence-electron chi connectivity index (χ2n) is 7.56. The van der Waals surface area contributed by atoms with Crippen molar-refractivity contribution in [2.45, 2.75) is 48.0 Å². The van der Waals surface area contributed by atoms with Gasteiger partial charge in [0.25, 0.3) is 0 Å². The van der Waals surface area contributed by atoms with Gasteiger partial charge in [-0.1, -0.05) is 58.2 Å². The average molecular weight is 351 g/mol. The minimum absolute atomic E-state index is 0.111. The maximum Gasteiger partial charge on any atom is 0.0415 e. The third-order valence-electron chi connectivity index (χ3n) is 4.97. The third-order valence-corrected chi connectivity index (χ3v) is 4.97. The van der Waals surface area contributed by atoms with Gasteiger partial charge in [0.05, 0.1) is 0 Å². The summed E-state index contributed by atoms with van der Waals surface area (Å²) >= 11 is 0. The van der Waals surface area contributed by atoms with Crippen LogP contribution in [-0.2, 0) is 0 Å². The van der Waals surface area contributed by atoms with E-state index in [1.807, 2.05) is 19.2 Å². The third kappa shape index (κ3) is 6.18. The van der Waals surface area contributed by atoms with E-state index in [4.69, 9.17) is 0 Å². The van der Waals surface area contributed by atoms with Crippen molar-refractivity contribution in [2.75, 3.05) is 6.54 Å². The predicted octanol–water partition coefficient (Wildman–Crippen LogP) is 6.56. The van der Waals surface area contributed by atoms with Crippen LogP contribution in [0, 0.1) is 12.3 Å². The molecule has 0 saturated carbocycles. The Morgan fingerprint density at radius 3 is 2.31 bits per heavy atom. The van der Waals surface area contributed by atoms with Crippen molar-refractivity contribution in [2.24, 2.45) is 10.4 Å². The first-order valence-corrected chi connectivity index (χ1v) is 9.17. The Morgan fingerprint density at radius 1 is 1.15 bits per heavy atom. The van der Waals surface area contributed by atoms with Crippen molar-refractivity contribution in [3.8, 4) is 0 Å². The van der Waals surface area contributed by atoms with Gasteiger partial charge >= 0.3 is 0 Å². The molecule has 1 aromatic rings. The zero-order valence-corrected chi connectivity index (χ0v) is 17.4. The van der Waals surface area contributed by atoms with E-state index in [0.717, 1.165) is 40.1 Å². The Morgan fingerprint density at radius 2 is 1.77 bits per heavy atom. The van der Waals surface area contributed by atoms with Gasteiger partial charge in [0.15, 0.2) is 0 Å². The lowest BCUT2D eigenvalue weighted by Gasteiger charge is -2.22. The fourth-order valence-corrected chi connectivity index (χ4v) is 2.30. The average Bonchev–Trinajstić information content (AvgIpc) is 2.60. The quantitative estimate of drug-likeness (QED) is 0.396. The van der Waals surface area contributed by atoms with Gasteiger partial charge in [-0.25, -0.2) is 0 Å². The van der Waals surface area contributed by atoms with E-state index in [2.05, 4.69) is 82.9 Å². The Bertz CT molecular complexity index is 745. The molecule has 0 amide bonds. The molecular weight excluding hydrogens is 316 g/mol. The van der Waals surface area contributed by atoms with Crippen LogP contribution < -0.4 is 5.32 Å². The highest BCUT2D eigenvalue weighted by atomic mass is 14.9. The summed E-state index contributed by atoms with van der Waals surface area (Å²) in [6.45, 7) is 25.6. The number of nitrogens with zero attached hydrogens (tertiary/aromatic N) is 1. The summed E-state index contributed by atoms with van der Waals surface area (Å²) in [6, 6.07) is 6.39. The number of benzene rings is 1. The topological polar surface area (TPSA) is 24.4 Å².